The third kappa shape index (κ3) is 5.49. The zero-order chi connectivity index (χ0) is 20.1. The fourth-order valence-electron chi connectivity index (χ4n) is 2.30. The molecule has 0 amide bonds. The molecule has 1 aliphatic heterocycles. The van der Waals surface area contributed by atoms with E-state index >= 15 is 0 Å². The second kappa shape index (κ2) is 8.47. The number of hydrogen-bond acceptors (Lipinski definition) is 5. The summed E-state index contributed by atoms with van der Waals surface area (Å²) in [7, 11) is -4.47. The van der Waals surface area contributed by atoms with Crippen molar-refractivity contribution in [3.8, 4) is 11.6 Å². The fraction of sp³-hybridized carbons (Fsp3) is 0.353. The SMILES string of the molecule is C=CCCCCC1=N/C(=C\c2[nH]c(OS(=O)(=O)C(F)(F)F)cc2OC)C=C1. The van der Waals surface area contributed by atoms with Gasteiger partial charge in [0.15, 0.2) is 0 Å². The number of unbranched alkanes of at least 4 members (excludes halogenated alkanes) is 2. The van der Waals surface area contributed by atoms with Crippen LogP contribution in [0.5, 0.6) is 11.6 Å². The van der Waals surface area contributed by atoms with E-state index in [4.69, 9.17) is 4.74 Å². The van der Waals surface area contributed by atoms with E-state index in [2.05, 4.69) is 20.7 Å². The number of aliphatic imine (C=N–C) groups is 1. The van der Waals surface area contributed by atoms with Gasteiger partial charge < -0.3 is 13.9 Å². The minimum atomic E-state index is -5.77. The topological polar surface area (TPSA) is 80.8 Å². The summed E-state index contributed by atoms with van der Waals surface area (Å²) in [5.74, 6) is -0.482. The van der Waals surface area contributed by atoms with Gasteiger partial charge in [-0.2, -0.15) is 21.6 Å². The molecule has 148 valence electrons. The molecule has 27 heavy (non-hydrogen) atoms. The van der Waals surface area contributed by atoms with Gasteiger partial charge in [-0.1, -0.05) is 6.08 Å². The average molecular weight is 404 g/mol. The first-order valence-electron chi connectivity index (χ1n) is 8.02. The Kier molecular flexibility index (Phi) is 6.53. The van der Waals surface area contributed by atoms with Gasteiger partial charge in [-0.15, -0.1) is 6.58 Å². The molecule has 2 rings (SSSR count). The van der Waals surface area contributed by atoms with Gasteiger partial charge in [0.1, 0.15) is 5.75 Å². The van der Waals surface area contributed by atoms with Gasteiger partial charge in [0, 0.05) is 11.8 Å². The first-order valence-corrected chi connectivity index (χ1v) is 9.43. The van der Waals surface area contributed by atoms with Crippen LogP contribution in [-0.2, 0) is 10.1 Å². The molecule has 1 aliphatic rings. The molecule has 0 saturated heterocycles. The summed E-state index contributed by atoms with van der Waals surface area (Å²) >= 11 is 0. The number of nitrogens with zero attached hydrogens (tertiary/aromatic N) is 1. The van der Waals surface area contributed by atoms with Crippen molar-refractivity contribution in [1.82, 2.24) is 4.98 Å². The third-order valence-corrected chi connectivity index (χ3v) is 4.56. The van der Waals surface area contributed by atoms with E-state index in [9.17, 15) is 21.6 Å². The predicted molar refractivity (Wildman–Crippen MR) is 96.2 cm³/mol. The second-order valence-corrected chi connectivity index (χ2v) is 7.18. The number of nitrogens with one attached hydrogen (secondary N) is 1. The monoisotopic (exact) mass is 404 g/mol. The maximum atomic E-state index is 12.4. The van der Waals surface area contributed by atoms with Crippen LogP contribution in [0.2, 0.25) is 0 Å². The van der Waals surface area contributed by atoms with E-state index in [1.165, 1.54) is 13.2 Å². The molecule has 0 radical (unpaired) electrons. The van der Waals surface area contributed by atoms with Crippen molar-refractivity contribution in [3.05, 3.63) is 42.3 Å². The highest BCUT2D eigenvalue weighted by molar-refractivity contribution is 7.87. The van der Waals surface area contributed by atoms with Gasteiger partial charge in [0.05, 0.1) is 18.5 Å². The molecule has 0 saturated carbocycles. The van der Waals surface area contributed by atoms with E-state index < -0.39 is 21.5 Å². The molecule has 0 aliphatic carbocycles. The highest BCUT2D eigenvalue weighted by Crippen LogP contribution is 2.32. The molecule has 0 atom stereocenters. The maximum absolute atomic E-state index is 12.4. The van der Waals surface area contributed by atoms with E-state index in [-0.39, 0.29) is 11.4 Å². The molecular formula is C17H19F3N2O4S. The Morgan fingerprint density at radius 3 is 2.67 bits per heavy atom. The number of ether oxygens (including phenoxy) is 1. The average Bonchev–Trinajstić information content (AvgIpc) is 3.17. The van der Waals surface area contributed by atoms with E-state index in [0.717, 1.165) is 37.5 Å². The molecule has 6 nitrogen and oxygen atoms in total. The fourth-order valence-corrected chi connectivity index (χ4v) is 2.72. The maximum Gasteiger partial charge on any atom is 0.534 e. The molecule has 10 heteroatoms. The van der Waals surface area contributed by atoms with Gasteiger partial charge in [0.25, 0.3) is 0 Å². The van der Waals surface area contributed by atoms with Crippen LogP contribution in [0.15, 0.2) is 41.6 Å². The minimum Gasteiger partial charge on any atom is -0.494 e. The minimum absolute atomic E-state index is 0.123. The highest BCUT2D eigenvalue weighted by atomic mass is 32.2. The number of methoxy groups -OCH3 is 1. The first-order chi connectivity index (χ1) is 12.7. The number of halogens is 3. The van der Waals surface area contributed by atoms with Gasteiger partial charge in [-0.3, -0.25) is 4.99 Å². The summed E-state index contributed by atoms with van der Waals surface area (Å²) in [5, 5.41) is 0. The van der Waals surface area contributed by atoms with Crippen LogP contribution in [0.1, 0.15) is 31.4 Å². The van der Waals surface area contributed by atoms with E-state index in [1.54, 1.807) is 6.08 Å². The normalized spacial score (nSPS) is 15.9. The molecule has 1 aromatic rings. The molecule has 1 aromatic heterocycles. The molecule has 0 unspecified atom stereocenters. The van der Waals surface area contributed by atoms with Crippen molar-refractivity contribution in [2.75, 3.05) is 7.11 Å². The lowest BCUT2D eigenvalue weighted by atomic mass is 10.1. The summed E-state index contributed by atoms with van der Waals surface area (Å²) in [4.78, 5) is 6.85. The van der Waals surface area contributed by atoms with Crippen LogP contribution in [0.4, 0.5) is 13.2 Å². The van der Waals surface area contributed by atoms with Crippen molar-refractivity contribution in [2.45, 2.75) is 31.2 Å². The summed E-state index contributed by atoms with van der Waals surface area (Å²) in [6.45, 7) is 3.66. The molecule has 0 spiro atoms. The molecule has 0 bridgehead atoms. The van der Waals surface area contributed by atoms with E-state index in [0.29, 0.717) is 5.70 Å². The summed E-state index contributed by atoms with van der Waals surface area (Å²) < 4.78 is 68.6. The number of aromatic nitrogens is 1. The lowest BCUT2D eigenvalue weighted by molar-refractivity contribution is -0.0501. The number of allylic oxidation sites excluding steroid dienone is 3. The zero-order valence-corrected chi connectivity index (χ0v) is 15.4. The van der Waals surface area contributed by atoms with Crippen LogP contribution in [0.25, 0.3) is 6.08 Å². The van der Waals surface area contributed by atoms with Crippen molar-refractivity contribution in [3.63, 3.8) is 0 Å². The molecular weight excluding hydrogens is 385 g/mol. The Morgan fingerprint density at radius 1 is 1.30 bits per heavy atom. The number of alkyl halides is 3. The lowest BCUT2D eigenvalue weighted by Crippen LogP contribution is -2.28. The lowest BCUT2D eigenvalue weighted by Gasteiger charge is -2.07. The Hall–Kier alpha value is -2.49. The summed E-state index contributed by atoms with van der Waals surface area (Å²) in [6, 6.07) is 1.02. The van der Waals surface area contributed by atoms with Crippen molar-refractivity contribution < 1.29 is 30.5 Å². The highest BCUT2D eigenvalue weighted by Gasteiger charge is 2.48. The Bertz CT molecular complexity index is 880. The largest absolute Gasteiger partial charge is 0.534 e. The smallest absolute Gasteiger partial charge is 0.494 e. The third-order valence-electron chi connectivity index (χ3n) is 3.59. The van der Waals surface area contributed by atoms with E-state index in [1.807, 2.05) is 12.2 Å². The second-order valence-electron chi connectivity index (χ2n) is 5.64. The van der Waals surface area contributed by atoms with Crippen LogP contribution in [0, 0.1) is 0 Å². The Balaban J connectivity index is 2.14. The number of aromatic amines is 1. The standard InChI is InChI=1S/C17H19F3N2O4S/c1-3-4-5-6-7-12-8-9-13(21-12)10-14-15(25-2)11-16(22-14)26-27(23,24)17(18,19)20/h3,8-11,22H,1,4-7H2,2H3/b13-10-. The Morgan fingerprint density at radius 2 is 2.04 bits per heavy atom. The van der Waals surface area contributed by atoms with Gasteiger partial charge >= 0.3 is 15.6 Å². The van der Waals surface area contributed by atoms with Gasteiger partial charge in [-0.05, 0) is 43.9 Å². The van der Waals surface area contributed by atoms with Gasteiger partial charge in [-0.25, -0.2) is 0 Å². The Labute approximate surface area is 155 Å². The predicted octanol–water partition coefficient (Wildman–Crippen LogP) is 4.35. The van der Waals surface area contributed by atoms with Crippen LogP contribution in [0.3, 0.4) is 0 Å². The van der Waals surface area contributed by atoms with Crippen molar-refractivity contribution in [1.29, 1.82) is 0 Å². The van der Waals surface area contributed by atoms with Crippen molar-refractivity contribution in [2.24, 2.45) is 4.99 Å². The number of rotatable bonds is 9. The number of hydrogen-bond donors (Lipinski definition) is 1. The van der Waals surface area contributed by atoms with Crippen LogP contribution >= 0.6 is 0 Å². The first kappa shape index (κ1) is 20.8. The quantitative estimate of drug-likeness (QED) is 0.287. The van der Waals surface area contributed by atoms with Crippen LogP contribution < -0.4 is 8.92 Å². The number of H-pyrrole nitrogens is 1. The zero-order valence-electron chi connectivity index (χ0n) is 14.5. The molecule has 1 N–H and O–H groups in total. The molecule has 2 heterocycles. The molecule has 0 fully saturated rings. The van der Waals surface area contributed by atoms with Crippen LogP contribution in [-0.4, -0.2) is 31.7 Å². The van der Waals surface area contributed by atoms with Crippen molar-refractivity contribution >= 4 is 21.9 Å². The summed E-state index contributed by atoms with van der Waals surface area (Å²) in [5.41, 5.74) is -3.85. The summed E-state index contributed by atoms with van der Waals surface area (Å²) in [6.07, 6.45) is 10.7. The van der Waals surface area contributed by atoms with Gasteiger partial charge in [0.2, 0.25) is 5.88 Å². The molecule has 0 aromatic carbocycles.